The first-order valence-corrected chi connectivity index (χ1v) is 6.62. The Morgan fingerprint density at radius 1 is 1.50 bits per heavy atom. The number of hydrogen-bond donors (Lipinski definition) is 1. The van der Waals surface area contributed by atoms with Crippen molar-refractivity contribution < 1.29 is 9.47 Å². The summed E-state index contributed by atoms with van der Waals surface area (Å²) >= 11 is 0. The number of hydrogen-bond acceptors (Lipinski definition) is 5. The molecule has 1 aromatic carbocycles. The van der Waals surface area contributed by atoms with Crippen LogP contribution < -0.4 is 10.5 Å². The molecule has 0 radical (unpaired) electrons. The lowest BCUT2D eigenvalue weighted by Gasteiger charge is -2.32. The first-order chi connectivity index (χ1) is 9.78. The zero-order chi connectivity index (χ0) is 13.9. The van der Waals surface area contributed by atoms with E-state index in [1.54, 1.807) is 13.2 Å². The Hall–Kier alpha value is -1.92. The Balaban J connectivity index is 1.92. The minimum Gasteiger partial charge on any atom is -0.382 e. The Bertz CT molecular complexity index is 653. The van der Waals surface area contributed by atoms with Gasteiger partial charge in [0.2, 0.25) is 5.95 Å². The van der Waals surface area contributed by atoms with Gasteiger partial charge in [0.05, 0.1) is 30.2 Å². The molecular formula is C14H17N3O3. The molecule has 0 bridgehead atoms. The van der Waals surface area contributed by atoms with Crippen molar-refractivity contribution in [3.63, 3.8) is 0 Å². The van der Waals surface area contributed by atoms with Crippen LogP contribution in [0, 0.1) is 0 Å². The van der Waals surface area contributed by atoms with Gasteiger partial charge in [0.25, 0.3) is 5.56 Å². The molecule has 1 saturated heterocycles. The fraction of sp³-hybridized carbons (Fsp3) is 0.429. The second-order valence-corrected chi connectivity index (χ2v) is 4.80. The third-order valence-electron chi connectivity index (χ3n) is 3.39. The summed E-state index contributed by atoms with van der Waals surface area (Å²) in [6, 6.07) is 7.34. The van der Waals surface area contributed by atoms with Gasteiger partial charge in [0, 0.05) is 20.2 Å². The van der Waals surface area contributed by atoms with Crippen molar-refractivity contribution in [1.29, 1.82) is 0 Å². The van der Waals surface area contributed by atoms with Gasteiger partial charge in [-0.3, -0.25) is 9.78 Å². The minimum absolute atomic E-state index is 0.00511. The number of ether oxygens (including phenoxy) is 2. The Labute approximate surface area is 116 Å². The molecule has 1 fully saturated rings. The monoisotopic (exact) mass is 275 g/mol. The van der Waals surface area contributed by atoms with E-state index in [1.165, 1.54) is 0 Å². The summed E-state index contributed by atoms with van der Waals surface area (Å²) in [7, 11) is 1.65. The summed E-state index contributed by atoms with van der Waals surface area (Å²) in [5, 5.41) is 0.609. The van der Waals surface area contributed by atoms with Gasteiger partial charge >= 0.3 is 0 Å². The molecule has 0 unspecified atom stereocenters. The number of H-pyrrole nitrogens is 1. The SMILES string of the molecule is COC[C@H]1CN(c2nc3ccccc3c(=O)[nH]2)CCO1. The van der Waals surface area contributed by atoms with Gasteiger partial charge in [-0.25, -0.2) is 4.98 Å². The third kappa shape index (κ3) is 2.52. The summed E-state index contributed by atoms with van der Waals surface area (Å²) < 4.78 is 10.7. The number of methoxy groups -OCH3 is 1. The van der Waals surface area contributed by atoms with E-state index in [4.69, 9.17) is 9.47 Å². The van der Waals surface area contributed by atoms with E-state index in [0.29, 0.717) is 43.2 Å². The lowest BCUT2D eigenvalue weighted by Crippen LogP contribution is -2.45. The minimum atomic E-state index is -0.111. The highest BCUT2D eigenvalue weighted by molar-refractivity contribution is 5.78. The van der Waals surface area contributed by atoms with Gasteiger partial charge < -0.3 is 14.4 Å². The molecule has 0 aliphatic carbocycles. The number of nitrogens with one attached hydrogen (secondary N) is 1. The maximum Gasteiger partial charge on any atom is 0.260 e. The first kappa shape index (κ1) is 13.1. The molecule has 1 aliphatic heterocycles. The highest BCUT2D eigenvalue weighted by Gasteiger charge is 2.22. The average molecular weight is 275 g/mol. The quantitative estimate of drug-likeness (QED) is 0.896. The van der Waals surface area contributed by atoms with Crippen LogP contribution in [0.25, 0.3) is 10.9 Å². The van der Waals surface area contributed by atoms with Gasteiger partial charge in [-0.2, -0.15) is 0 Å². The fourth-order valence-electron chi connectivity index (χ4n) is 2.42. The molecular weight excluding hydrogens is 258 g/mol. The van der Waals surface area contributed by atoms with E-state index in [2.05, 4.69) is 9.97 Å². The predicted octanol–water partition coefficient (Wildman–Crippen LogP) is 0.775. The summed E-state index contributed by atoms with van der Waals surface area (Å²) in [5.41, 5.74) is 0.599. The number of anilines is 1. The second-order valence-electron chi connectivity index (χ2n) is 4.80. The Morgan fingerprint density at radius 2 is 2.35 bits per heavy atom. The topological polar surface area (TPSA) is 67.5 Å². The molecule has 1 aromatic heterocycles. The average Bonchev–Trinajstić information content (AvgIpc) is 2.48. The number of benzene rings is 1. The molecule has 1 N–H and O–H groups in total. The molecule has 3 rings (SSSR count). The van der Waals surface area contributed by atoms with Crippen LogP contribution in [-0.4, -0.2) is 49.5 Å². The van der Waals surface area contributed by atoms with Crippen molar-refractivity contribution in [1.82, 2.24) is 9.97 Å². The number of aromatic amines is 1. The molecule has 6 heteroatoms. The molecule has 0 saturated carbocycles. The maximum absolute atomic E-state index is 12.1. The van der Waals surface area contributed by atoms with Crippen LogP contribution in [0.1, 0.15) is 0 Å². The van der Waals surface area contributed by atoms with Gasteiger partial charge in [-0.05, 0) is 12.1 Å². The molecule has 2 heterocycles. The van der Waals surface area contributed by atoms with Crippen molar-refractivity contribution in [2.45, 2.75) is 6.10 Å². The zero-order valence-electron chi connectivity index (χ0n) is 11.3. The van der Waals surface area contributed by atoms with E-state index in [-0.39, 0.29) is 11.7 Å². The summed E-state index contributed by atoms with van der Waals surface area (Å²) in [6.45, 7) is 2.51. The lowest BCUT2D eigenvalue weighted by atomic mass is 10.2. The van der Waals surface area contributed by atoms with Crippen molar-refractivity contribution in [2.24, 2.45) is 0 Å². The van der Waals surface area contributed by atoms with E-state index in [9.17, 15) is 4.79 Å². The van der Waals surface area contributed by atoms with E-state index >= 15 is 0 Å². The van der Waals surface area contributed by atoms with E-state index < -0.39 is 0 Å². The predicted molar refractivity (Wildman–Crippen MR) is 76.2 cm³/mol. The summed E-state index contributed by atoms with van der Waals surface area (Å²) in [4.78, 5) is 21.5. The molecule has 0 amide bonds. The van der Waals surface area contributed by atoms with Crippen LogP contribution in [0.4, 0.5) is 5.95 Å². The van der Waals surface area contributed by atoms with Crippen LogP contribution in [0.3, 0.4) is 0 Å². The standard InChI is InChI=1S/C14H17N3O3/c1-19-9-10-8-17(6-7-20-10)14-15-12-5-3-2-4-11(12)13(18)16-14/h2-5,10H,6-9H2,1H3,(H,15,16,18)/t10-/m1/s1. The van der Waals surface area contributed by atoms with Crippen LogP contribution in [0.15, 0.2) is 29.1 Å². The number of rotatable bonds is 3. The van der Waals surface area contributed by atoms with Crippen LogP contribution in [0.2, 0.25) is 0 Å². The Morgan fingerprint density at radius 3 is 3.20 bits per heavy atom. The van der Waals surface area contributed by atoms with Crippen LogP contribution in [-0.2, 0) is 9.47 Å². The third-order valence-corrected chi connectivity index (χ3v) is 3.39. The van der Waals surface area contributed by atoms with Gasteiger partial charge in [0.1, 0.15) is 0 Å². The molecule has 1 atom stereocenters. The van der Waals surface area contributed by atoms with Crippen LogP contribution >= 0.6 is 0 Å². The Kier molecular flexibility index (Phi) is 3.66. The number of aromatic nitrogens is 2. The van der Waals surface area contributed by atoms with Gasteiger partial charge in [0.15, 0.2) is 0 Å². The first-order valence-electron chi connectivity index (χ1n) is 6.62. The van der Waals surface area contributed by atoms with Gasteiger partial charge in [-0.1, -0.05) is 12.1 Å². The largest absolute Gasteiger partial charge is 0.382 e. The summed E-state index contributed by atoms with van der Waals surface area (Å²) in [5.74, 6) is 0.595. The molecule has 1 aliphatic rings. The number of nitrogens with zero attached hydrogens (tertiary/aromatic N) is 2. The number of morpholine rings is 1. The van der Waals surface area contributed by atoms with Crippen molar-refractivity contribution in [3.05, 3.63) is 34.6 Å². The van der Waals surface area contributed by atoms with E-state index in [0.717, 1.165) is 0 Å². The number of para-hydroxylation sites is 1. The fourth-order valence-corrected chi connectivity index (χ4v) is 2.42. The summed E-state index contributed by atoms with van der Waals surface area (Å²) in [6.07, 6.45) is 0.00511. The van der Waals surface area contributed by atoms with Crippen LogP contribution in [0.5, 0.6) is 0 Å². The van der Waals surface area contributed by atoms with Crippen molar-refractivity contribution >= 4 is 16.9 Å². The molecule has 6 nitrogen and oxygen atoms in total. The normalized spacial score (nSPS) is 19.4. The van der Waals surface area contributed by atoms with Crippen molar-refractivity contribution in [3.8, 4) is 0 Å². The maximum atomic E-state index is 12.1. The number of fused-ring (bicyclic) bond motifs is 1. The lowest BCUT2D eigenvalue weighted by molar-refractivity contribution is -0.0104. The highest BCUT2D eigenvalue weighted by Crippen LogP contribution is 2.15. The zero-order valence-corrected chi connectivity index (χ0v) is 11.3. The second kappa shape index (κ2) is 5.60. The molecule has 2 aromatic rings. The highest BCUT2D eigenvalue weighted by atomic mass is 16.5. The molecule has 20 heavy (non-hydrogen) atoms. The van der Waals surface area contributed by atoms with Crippen molar-refractivity contribution in [2.75, 3.05) is 38.3 Å². The van der Waals surface area contributed by atoms with E-state index in [1.807, 2.05) is 23.1 Å². The smallest absolute Gasteiger partial charge is 0.260 e. The van der Waals surface area contributed by atoms with Gasteiger partial charge in [-0.15, -0.1) is 0 Å². The molecule has 106 valence electrons. The molecule has 0 spiro atoms.